The fourth-order valence-corrected chi connectivity index (χ4v) is 0.518. The first-order chi connectivity index (χ1) is 5.09. The maximum absolute atomic E-state index is 10.3. The summed E-state index contributed by atoms with van der Waals surface area (Å²) in [6, 6.07) is -1.13. The van der Waals surface area contributed by atoms with E-state index in [2.05, 4.69) is 22.7 Å². The molecule has 5 nitrogen and oxygen atoms in total. The fourth-order valence-electron chi connectivity index (χ4n) is 0.465. The van der Waals surface area contributed by atoms with E-state index in [-0.39, 0.29) is 0 Å². The van der Waals surface area contributed by atoms with Crippen LogP contribution in [-0.4, -0.2) is 33.5 Å². The molecule has 0 aromatic heterocycles. The van der Waals surface area contributed by atoms with Crippen molar-refractivity contribution < 1.29 is 15.0 Å². The van der Waals surface area contributed by atoms with Crippen LogP contribution in [0.2, 0.25) is 0 Å². The zero-order valence-corrected chi connectivity index (χ0v) is 6.63. The van der Waals surface area contributed by atoms with Gasteiger partial charge in [0.05, 0.1) is 11.3 Å². The van der Waals surface area contributed by atoms with Crippen LogP contribution in [0.25, 0.3) is 0 Å². The SMILES string of the molecule is C[C@@H](O)[C@H](NN=C=S)C(=O)O. The molecule has 0 aromatic rings. The first-order valence-electron chi connectivity index (χ1n) is 2.83. The Morgan fingerprint density at radius 2 is 2.36 bits per heavy atom. The molecule has 0 saturated heterocycles. The largest absolute Gasteiger partial charge is 0.480 e. The number of nitrogens with zero attached hydrogens (tertiary/aromatic N) is 1. The van der Waals surface area contributed by atoms with Crippen molar-refractivity contribution in [1.82, 2.24) is 5.43 Å². The normalized spacial score (nSPS) is 14.4. The average molecular weight is 176 g/mol. The first kappa shape index (κ1) is 10.0. The van der Waals surface area contributed by atoms with Crippen LogP contribution in [0.4, 0.5) is 0 Å². The van der Waals surface area contributed by atoms with Crippen LogP contribution >= 0.6 is 12.2 Å². The standard InChI is InChI=1S/C5H8N2O3S/c1-3(8)4(5(9)10)7-6-2-11/h3-4,7-8H,1H3,(H,9,10)/t3-,4+/m1/s1. The zero-order chi connectivity index (χ0) is 8.85. The van der Waals surface area contributed by atoms with Crippen LogP contribution in [0.3, 0.4) is 0 Å². The first-order valence-corrected chi connectivity index (χ1v) is 3.23. The molecule has 0 aliphatic heterocycles. The molecule has 3 N–H and O–H groups in total. The second kappa shape index (κ2) is 4.79. The highest BCUT2D eigenvalue weighted by molar-refractivity contribution is 7.78. The summed E-state index contributed by atoms with van der Waals surface area (Å²) >= 11 is 4.19. The molecule has 0 fully saturated rings. The Morgan fingerprint density at radius 1 is 1.82 bits per heavy atom. The smallest absolute Gasteiger partial charge is 0.330 e. The Hall–Kier alpha value is -0.970. The monoisotopic (exact) mass is 176 g/mol. The summed E-state index contributed by atoms with van der Waals surface area (Å²) in [6.45, 7) is 1.34. The number of aliphatic hydroxyl groups excluding tert-OH is 1. The minimum absolute atomic E-state index is 1.03. The number of carboxylic acid groups (broad SMARTS) is 1. The third-order valence-electron chi connectivity index (χ3n) is 0.998. The van der Waals surface area contributed by atoms with E-state index in [1.165, 1.54) is 6.92 Å². The van der Waals surface area contributed by atoms with Gasteiger partial charge >= 0.3 is 5.97 Å². The number of isothiocyanates is 1. The molecular formula is C5H8N2O3S. The lowest BCUT2D eigenvalue weighted by Gasteiger charge is -2.12. The Kier molecular flexibility index (Phi) is 4.36. The van der Waals surface area contributed by atoms with Crippen molar-refractivity contribution in [1.29, 1.82) is 0 Å². The van der Waals surface area contributed by atoms with Gasteiger partial charge < -0.3 is 10.2 Å². The second-order valence-electron chi connectivity index (χ2n) is 1.89. The van der Waals surface area contributed by atoms with Crippen LogP contribution in [0.15, 0.2) is 5.10 Å². The third-order valence-corrected chi connectivity index (χ3v) is 1.09. The van der Waals surface area contributed by atoms with E-state index in [0.717, 1.165) is 0 Å². The molecule has 62 valence electrons. The molecule has 0 spiro atoms. The van der Waals surface area contributed by atoms with Crippen molar-refractivity contribution in [3.63, 3.8) is 0 Å². The van der Waals surface area contributed by atoms with Crippen LogP contribution in [0.1, 0.15) is 6.92 Å². The Balaban J connectivity index is 4.11. The summed E-state index contributed by atoms with van der Waals surface area (Å²) in [4.78, 5) is 10.3. The molecule has 0 radical (unpaired) electrons. The number of rotatable bonds is 4. The van der Waals surface area contributed by atoms with Gasteiger partial charge in [-0.15, -0.1) is 5.10 Å². The van der Waals surface area contributed by atoms with Gasteiger partial charge in [-0.2, -0.15) is 0 Å². The predicted octanol–water partition coefficient (Wildman–Crippen LogP) is -0.572. The molecule has 0 saturated carbocycles. The minimum atomic E-state index is -1.19. The molecule has 0 unspecified atom stereocenters. The van der Waals surface area contributed by atoms with Crippen LogP contribution in [0.5, 0.6) is 0 Å². The molecule has 0 rings (SSSR count). The van der Waals surface area contributed by atoms with E-state index < -0.39 is 18.1 Å². The highest BCUT2D eigenvalue weighted by Gasteiger charge is 2.21. The number of hydrogen-bond donors (Lipinski definition) is 3. The highest BCUT2D eigenvalue weighted by atomic mass is 32.1. The van der Waals surface area contributed by atoms with Crippen molar-refractivity contribution in [2.24, 2.45) is 5.10 Å². The number of aliphatic carboxylic acids is 1. The van der Waals surface area contributed by atoms with E-state index in [9.17, 15) is 4.79 Å². The number of aliphatic hydroxyl groups is 1. The van der Waals surface area contributed by atoms with Crippen molar-refractivity contribution in [2.45, 2.75) is 19.1 Å². The fraction of sp³-hybridized carbons (Fsp3) is 0.600. The van der Waals surface area contributed by atoms with Gasteiger partial charge in [0.15, 0.2) is 6.04 Å². The number of carboxylic acids is 1. The summed E-state index contributed by atoms with van der Waals surface area (Å²) in [5.41, 5.74) is 2.13. The van der Waals surface area contributed by atoms with Crippen molar-refractivity contribution in [2.75, 3.05) is 0 Å². The van der Waals surface area contributed by atoms with Gasteiger partial charge in [0.1, 0.15) is 0 Å². The van der Waals surface area contributed by atoms with E-state index in [0.29, 0.717) is 0 Å². The number of hydrogen-bond acceptors (Lipinski definition) is 5. The molecule has 0 heterocycles. The Bertz CT molecular complexity index is 188. The van der Waals surface area contributed by atoms with Gasteiger partial charge in [-0.05, 0) is 19.1 Å². The molecular weight excluding hydrogens is 168 g/mol. The van der Waals surface area contributed by atoms with Crippen molar-refractivity contribution in [3.05, 3.63) is 0 Å². The number of hydrazone groups is 1. The number of carbonyl (C=O) groups is 1. The molecule has 2 atom stereocenters. The highest BCUT2D eigenvalue weighted by Crippen LogP contribution is 1.91. The second-order valence-corrected chi connectivity index (χ2v) is 2.07. The zero-order valence-electron chi connectivity index (χ0n) is 5.81. The average Bonchev–Trinajstić information content (AvgIpc) is 1.87. The summed E-state index contributed by atoms with van der Waals surface area (Å²) in [7, 11) is 0. The predicted molar refractivity (Wildman–Crippen MR) is 41.3 cm³/mol. The summed E-state index contributed by atoms with van der Waals surface area (Å²) in [5.74, 6) is -1.19. The molecule has 11 heavy (non-hydrogen) atoms. The lowest BCUT2D eigenvalue weighted by Crippen LogP contribution is -2.42. The summed E-state index contributed by atoms with van der Waals surface area (Å²) in [5, 5.41) is 22.4. The van der Waals surface area contributed by atoms with Gasteiger partial charge in [0.2, 0.25) is 0 Å². The van der Waals surface area contributed by atoms with E-state index in [4.69, 9.17) is 10.2 Å². The number of nitrogens with one attached hydrogen (secondary N) is 1. The van der Waals surface area contributed by atoms with Crippen LogP contribution in [-0.2, 0) is 4.79 Å². The van der Waals surface area contributed by atoms with Gasteiger partial charge in [0.25, 0.3) is 0 Å². The molecule has 6 heteroatoms. The molecule has 0 amide bonds. The van der Waals surface area contributed by atoms with Gasteiger partial charge in [-0.3, -0.25) is 5.43 Å². The lowest BCUT2D eigenvalue weighted by molar-refractivity contribution is -0.142. The molecule has 0 aromatic carbocycles. The maximum atomic E-state index is 10.3. The van der Waals surface area contributed by atoms with Crippen LogP contribution < -0.4 is 5.43 Å². The third kappa shape index (κ3) is 3.67. The summed E-state index contributed by atoms with van der Waals surface area (Å²) < 4.78 is 0. The number of thiocarbonyl (C=S) groups is 1. The summed E-state index contributed by atoms with van der Waals surface area (Å²) in [6.07, 6.45) is -1.03. The van der Waals surface area contributed by atoms with Crippen molar-refractivity contribution >= 4 is 23.3 Å². The van der Waals surface area contributed by atoms with Gasteiger partial charge in [-0.25, -0.2) is 4.79 Å². The Morgan fingerprint density at radius 3 is 2.64 bits per heavy atom. The topological polar surface area (TPSA) is 81.9 Å². The Labute approximate surface area is 68.7 Å². The maximum Gasteiger partial charge on any atom is 0.330 e. The van der Waals surface area contributed by atoms with E-state index in [1.54, 1.807) is 0 Å². The lowest BCUT2D eigenvalue weighted by atomic mass is 10.2. The quantitative estimate of drug-likeness (QED) is 0.303. The molecule has 0 bridgehead atoms. The van der Waals surface area contributed by atoms with Gasteiger partial charge in [0, 0.05) is 0 Å². The molecule has 0 aliphatic rings. The van der Waals surface area contributed by atoms with Gasteiger partial charge in [-0.1, -0.05) is 0 Å². The molecule has 0 aliphatic carbocycles. The van der Waals surface area contributed by atoms with E-state index in [1.807, 2.05) is 5.16 Å². The minimum Gasteiger partial charge on any atom is -0.480 e. The van der Waals surface area contributed by atoms with Crippen LogP contribution in [0, 0.1) is 0 Å². The van der Waals surface area contributed by atoms with E-state index >= 15 is 0 Å². The van der Waals surface area contributed by atoms with Crippen molar-refractivity contribution in [3.8, 4) is 0 Å².